The lowest BCUT2D eigenvalue weighted by molar-refractivity contribution is 0.112. The van der Waals surface area contributed by atoms with Crippen molar-refractivity contribution in [1.29, 1.82) is 0 Å². The van der Waals surface area contributed by atoms with Crippen LogP contribution in [-0.4, -0.2) is 11.3 Å². The molecule has 0 saturated carbocycles. The van der Waals surface area contributed by atoms with Crippen LogP contribution >= 0.6 is 15.9 Å². The van der Waals surface area contributed by atoms with Crippen LogP contribution in [0.1, 0.15) is 15.9 Å². The summed E-state index contributed by atoms with van der Waals surface area (Å²) in [5.74, 6) is 0.765. The van der Waals surface area contributed by atoms with Crippen LogP contribution in [0.5, 0.6) is 0 Å². The van der Waals surface area contributed by atoms with Crippen molar-refractivity contribution in [2.45, 2.75) is 6.54 Å². The third kappa shape index (κ3) is 2.47. The molecule has 0 spiro atoms. The number of carbonyl (C=O) groups excluding carboxylic acids is 1. The van der Waals surface area contributed by atoms with E-state index in [-0.39, 0.29) is 0 Å². The zero-order valence-electron chi connectivity index (χ0n) is 10.7. The molecule has 0 radical (unpaired) electrons. The van der Waals surface area contributed by atoms with Gasteiger partial charge in [0.2, 0.25) is 0 Å². The average Bonchev–Trinajstić information content (AvgIpc) is 2.82. The normalized spacial score (nSPS) is 10.7. The van der Waals surface area contributed by atoms with Crippen molar-refractivity contribution in [3.8, 4) is 0 Å². The maximum Gasteiger partial charge on any atom is 0.154 e. The highest BCUT2D eigenvalue weighted by Crippen LogP contribution is 2.25. The van der Waals surface area contributed by atoms with E-state index < -0.39 is 0 Å². The Morgan fingerprint density at radius 3 is 2.80 bits per heavy atom. The van der Waals surface area contributed by atoms with Crippen LogP contribution in [0.25, 0.3) is 10.9 Å². The van der Waals surface area contributed by atoms with Gasteiger partial charge in [0, 0.05) is 21.9 Å². The molecule has 0 amide bonds. The van der Waals surface area contributed by atoms with Gasteiger partial charge in [-0.25, -0.2) is 0 Å². The summed E-state index contributed by atoms with van der Waals surface area (Å²) >= 11 is 3.45. The Kier molecular flexibility index (Phi) is 3.56. The number of carbonyl (C=O) groups is 1. The highest BCUT2D eigenvalue weighted by Gasteiger charge is 2.09. The van der Waals surface area contributed by atoms with Crippen LogP contribution in [0.3, 0.4) is 0 Å². The van der Waals surface area contributed by atoms with Crippen LogP contribution < -0.4 is 5.32 Å². The first-order chi connectivity index (χ1) is 9.78. The van der Waals surface area contributed by atoms with Gasteiger partial charge in [0.15, 0.2) is 6.29 Å². The molecule has 3 nitrogen and oxygen atoms in total. The second-order valence-corrected chi connectivity index (χ2v) is 5.48. The Labute approximate surface area is 125 Å². The molecule has 0 unspecified atom stereocenters. The Hall–Kier alpha value is -2.07. The van der Waals surface area contributed by atoms with Gasteiger partial charge < -0.3 is 10.3 Å². The van der Waals surface area contributed by atoms with E-state index in [1.165, 1.54) is 0 Å². The second-order valence-electron chi connectivity index (χ2n) is 4.56. The van der Waals surface area contributed by atoms with Crippen molar-refractivity contribution < 1.29 is 4.79 Å². The molecule has 1 aromatic heterocycles. The van der Waals surface area contributed by atoms with E-state index in [1.54, 1.807) is 0 Å². The fraction of sp³-hybridized carbons (Fsp3) is 0.0625. The molecule has 0 saturated heterocycles. The Bertz CT molecular complexity index is 764. The third-order valence-electron chi connectivity index (χ3n) is 3.22. The van der Waals surface area contributed by atoms with Crippen LogP contribution in [0.4, 0.5) is 5.82 Å². The zero-order valence-corrected chi connectivity index (χ0v) is 12.3. The molecule has 0 aliphatic heterocycles. The number of anilines is 1. The summed E-state index contributed by atoms with van der Waals surface area (Å²) in [4.78, 5) is 14.5. The van der Waals surface area contributed by atoms with Gasteiger partial charge in [-0.05, 0) is 23.8 Å². The molecule has 20 heavy (non-hydrogen) atoms. The summed E-state index contributed by atoms with van der Waals surface area (Å²) in [7, 11) is 0. The first kappa shape index (κ1) is 12.9. The van der Waals surface area contributed by atoms with Crippen LogP contribution in [0.15, 0.2) is 53.0 Å². The average molecular weight is 329 g/mol. The lowest BCUT2D eigenvalue weighted by Crippen LogP contribution is -2.01. The summed E-state index contributed by atoms with van der Waals surface area (Å²) in [5, 5.41) is 4.23. The molecular weight excluding hydrogens is 316 g/mol. The Balaban J connectivity index is 1.89. The van der Waals surface area contributed by atoms with Gasteiger partial charge in [-0.15, -0.1) is 0 Å². The number of H-pyrrole nitrogens is 1. The number of para-hydroxylation sites is 1. The Morgan fingerprint density at radius 1 is 1.15 bits per heavy atom. The van der Waals surface area contributed by atoms with Gasteiger partial charge in [-0.2, -0.15) is 0 Å². The fourth-order valence-electron chi connectivity index (χ4n) is 2.26. The maximum atomic E-state index is 11.3. The van der Waals surface area contributed by atoms with E-state index in [2.05, 4.69) is 32.3 Å². The minimum absolute atomic E-state index is 0.660. The van der Waals surface area contributed by atoms with E-state index in [0.717, 1.165) is 33.0 Å². The van der Waals surface area contributed by atoms with Crippen molar-refractivity contribution in [1.82, 2.24) is 4.98 Å². The molecule has 0 aliphatic carbocycles. The van der Waals surface area contributed by atoms with Gasteiger partial charge in [-0.3, -0.25) is 4.79 Å². The number of nitrogens with one attached hydrogen (secondary N) is 2. The SMILES string of the molecule is O=Cc1c(NCc2cccc(Br)c2)[nH]c2ccccc12. The summed E-state index contributed by atoms with van der Waals surface area (Å²) in [6.07, 6.45) is 0.891. The van der Waals surface area contributed by atoms with Crippen LogP contribution in [-0.2, 0) is 6.54 Å². The minimum atomic E-state index is 0.660. The predicted molar refractivity (Wildman–Crippen MR) is 85.2 cm³/mol. The number of fused-ring (bicyclic) bond motifs is 1. The van der Waals surface area contributed by atoms with E-state index in [1.807, 2.05) is 42.5 Å². The number of benzene rings is 2. The summed E-state index contributed by atoms with van der Waals surface area (Å²) in [6.45, 7) is 0.660. The summed E-state index contributed by atoms with van der Waals surface area (Å²) in [6, 6.07) is 15.9. The van der Waals surface area contributed by atoms with Crippen molar-refractivity contribution in [3.63, 3.8) is 0 Å². The zero-order chi connectivity index (χ0) is 13.9. The molecule has 0 aliphatic rings. The quantitative estimate of drug-likeness (QED) is 0.699. The van der Waals surface area contributed by atoms with E-state index >= 15 is 0 Å². The molecule has 0 fully saturated rings. The first-order valence-electron chi connectivity index (χ1n) is 6.32. The maximum absolute atomic E-state index is 11.3. The second kappa shape index (κ2) is 5.51. The number of aromatic amines is 1. The standard InChI is InChI=1S/C16H13BrN2O/c17-12-5-3-4-11(8-12)9-18-16-14(10-20)13-6-1-2-7-15(13)19-16/h1-8,10,18-19H,9H2. The van der Waals surface area contributed by atoms with Crippen molar-refractivity contribution in [2.75, 3.05) is 5.32 Å². The molecule has 4 heteroatoms. The lowest BCUT2D eigenvalue weighted by atomic mass is 10.2. The molecule has 3 rings (SSSR count). The van der Waals surface area contributed by atoms with Crippen molar-refractivity contribution in [3.05, 3.63) is 64.1 Å². The van der Waals surface area contributed by atoms with Crippen molar-refractivity contribution in [2.24, 2.45) is 0 Å². The molecule has 0 atom stereocenters. The van der Waals surface area contributed by atoms with Gasteiger partial charge in [0.05, 0.1) is 5.56 Å². The number of aromatic nitrogens is 1. The molecular formula is C16H13BrN2O. The highest BCUT2D eigenvalue weighted by atomic mass is 79.9. The number of hydrogen-bond donors (Lipinski definition) is 2. The largest absolute Gasteiger partial charge is 0.367 e. The van der Waals surface area contributed by atoms with E-state index in [9.17, 15) is 4.79 Å². The van der Waals surface area contributed by atoms with Gasteiger partial charge in [0.1, 0.15) is 5.82 Å². The number of halogens is 1. The fourth-order valence-corrected chi connectivity index (χ4v) is 2.71. The molecule has 2 N–H and O–H groups in total. The third-order valence-corrected chi connectivity index (χ3v) is 3.72. The molecule has 0 bridgehead atoms. The minimum Gasteiger partial charge on any atom is -0.367 e. The van der Waals surface area contributed by atoms with Gasteiger partial charge >= 0.3 is 0 Å². The summed E-state index contributed by atoms with van der Waals surface area (Å²) < 4.78 is 1.05. The lowest BCUT2D eigenvalue weighted by Gasteiger charge is -2.05. The van der Waals surface area contributed by atoms with Crippen LogP contribution in [0.2, 0.25) is 0 Å². The van der Waals surface area contributed by atoms with Crippen molar-refractivity contribution >= 4 is 38.9 Å². The first-order valence-corrected chi connectivity index (χ1v) is 7.11. The molecule has 2 aromatic carbocycles. The van der Waals surface area contributed by atoms with Gasteiger partial charge in [0.25, 0.3) is 0 Å². The summed E-state index contributed by atoms with van der Waals surface area (Å²) in [5.41, 5.74) is 2.79. The Morgan fingerprint density at radius 2 is 2.00 bits per heavy atom. The monoisotopic (exact) mass is 328 g/mol. The molecule has 3 aromatic rings. The number of aldehydes is 1. The molecule has 1 heterocycles. The molecule has 100 valence electrons. The van der Waals surface area contributed by atoms with Gasteiger partial charge in [-0.1, -0.05) is 46.3 Å². The number of hydrogen-bond acceptors (Lipinski definition) is 2. The van der Waals surface area contributed by atoms with Crippen LogP contribution in [0, 0.1) is 0 Å². The smallest absolute Gasteiger partial charge is 0.154 e. The van der Waals surface area contributed by atoms with E-state index in [4.69, 9.17) is 0 Å². The van der Waals surface area contributed by atoms with E-state index in [0.29, 0.717) is 12.1 Å². The topological polar surface area (TPSA) is 44.9 Å². The highest BCUT2D eigenvalue weighted by molar-refractivity contribution is 9.10. The predicted octanol–water partition coefficient (Wildman–Crippen LogP) is 4.36. The number of rotatable bonds is 4.